The molecule has 21 heavy (non-hydrogen) atoms. The fourth-order valence-corrected chi connectivity index (χ4v) is 1.86. The van der Waals surface area contributed by atoms with E-state index in [0.717, 1.165) is 11.6 Å². The van der Waals surface area contributed by atoms with Gasteiger partial charge in [-0.3, -0.25) is 4.79 Å². The van der Waals surface area contributed by atoms with Crippen LogP contribution >= 0.6 is 0 Å². The number of aromatic nitrogens is 2. The molecule has 0 fully saturated rings. The van der Waals surface area contributed by atoms with Crippen molar-refractivity contribution in [2.24, 2.45) is 0 Å². The number of nitrogens with zero attached hydrogens (tertiary/aromatic N) is 2. The first kappa shape index (κ1) is 15.0. The van der Waals surface area contributed by atoms with Gasteiger partial charge in [-0.05, 0) is 31.2 Å². The number of methoxy groups -OCH3 is 1. The molecule has 0 aliphatic heterocycles. The van der Waals surface area contributed by atoms with Crippen LogP contribution in [-0.4, -0.2) is 23.0 Å². The summed E-state index contributed by atoms with van der Waals surface area (Å²) in [6.45, 7) is 5.86. The lowest BCUT2D eigenvalue weighted by molar-refractivity contribution is 0.102. The van der Waals surface area contributed by atoms with Crippen LogP contribution in [0.4, 0.5) is 5.69 Å². The number of anilines is 1. The molecule has 0 atom stereocenters. The maximum Gasteiger partial charge on any atom is 0.259 e. The quantitative estimate of drug-likeness (QED) is 0.937. The second-order valence-corrected chi connectivity index (χ2v) is 5.06. The molecule has 1 aromatic heterocycles. The molecule has 0 aliphatic carbocycles. The van der Waals surface area contributed by atoms with E-state index in [-0.39, 0.29) is 11.8 Å². The first-order valence-corrected chi connectivity index (χ1v) is 6.80. The van der Waals surface area contributed by atoms with E-state index in [1.54, 1.807) is 37.6 Å². The van der Waals surface area contributed by atoms with Gasteiger partial charge in [0.1, 0.15) is 11.6 Å². The minimum Gasteiger partial charge on any atom is -0.497 e. The van der Waals surface area contributed by atoms with E-state index in [9.17, 15) is 4.79 Å². The first-order valence-electron chi connectivity index (χ1n) is 6.80. The Balaban J connectivity index is 2.16. The molecule has 5 heteroatoms. The SMILES string of the molecule is COc1ccc(NC(=O)c2cnc(C(C)C)nc2C)cc1. The minimum atomic E-state index is -0.215. The summed E-state index contributed by atoms with van der Waals surface area (Å²) in [7, 11) is 1.60. The lowest BCUT2D eigenvalue weighted by atomic mass is 10.1. The van der Waals surface area contributed by atoms with E-state index in [2.05, 4.69) is 15.3 Å². The molecule has 110 valence electrons. The highest BCUT2D eigenvalue weighted by Gasteiger charge is 2.13. The second kappa shape index (κ2) is 6.35. The number of nitrogens with one attached hydrogen (secondary N) is 1. The van der Waals surface area contributed by atoms with Gasteiger partial charge in [0, 0.05) is 17.8 Å². The molecule has 0 bridgehead atoms. The average Bonchev–Trinajstić information content (AvgIpc) is 2.47. The summed E-state index contributed by atoms with van der Waals surface area (Å²) < 4.78 is 5.08. The fraction of sp³-hybridized carbons (Fsp3) is 0.312. The van der Waals surface area contributed by atoms with Crippen molar-refractivity contribution in [1.29, 1.82) is 0 Å². The van der Waals surface area contributed by atoms with Crippen LogP contribution in [0.25, 0.3) is 0 Å². The highest BCUT2D eigenvalue weighted by Crippen LogP contribution is 2.17. The van der Waals surface area contributed by atoms with Crippen molar-refractivity contribution in [3.8, 4) is 5.75 Å². The van der Waals surface area contributed by atoms with Crippen molar-refractivity contribution in [3.05, 3.63) is 47.5 Å². The van der Waals surface area contributed by atoms with Gasteiger partial charge in [0.05, 0.1) is 18.4 Å². The normalized spacial score (nSPS) is 10.5. The number of hydrogen-bond donors (Lipinski definition) is 1. The molecule has 5 nitrogen and oxygen atoms in total. The van der Waals surface area contributed by atoms with Crippen LogP contribution in [0.1, 0.15) is 41.6 Å². The van der Waals surface area contributed by atoms with Gasteiger partial charge in [0.25, 0.3) is 5.91 Å². The Morgan fingerprint density at radius 1 is 1.24 bits per heavy atom. The van der Waals surface area contributed by atoms with E-state index in [0.29, 0.717) is 16.9 Å². The summed E-state index contributed by atoms with van der Waals surface area (Å²) in [4.78, 5) is 20.9. The van der Waals surface area contributed by atoms with Gasteiger partial charge in [-0.1, -0.05) is 13.8 Å². The molecular weight excluding hydrogens is 266 g/mol. The van der Waals surface area contributed by atoms with E-state index in [1.165, 1.54) is 0 Å². The smallest absolute Gasteiger partial charge is 0.259 e. The molecule has 1 N–H and O–H groups in total. The van der Waals surface area contributed by atoms with Gasteiger partial charge >= 0.3 is 0 Å². The van der Waals surface area contributed by atoms with Crippen LogP contribution < -0.4 is 10.1 Å². The zero-order valence-electron chi connectivity index (χ0n) is 12.7. The molecule has 0 spiro atoms. The number of hydrogen-bond acceptors (Lipinski definition) is 4. The van der Waals surface area contributed by atoms with Crippen molar-refractivity contribution in [3.63, 3.8) is 0 Å². The number of ether oxygens (including phenoxy) is 1. The van der Waals surface area contributed by atoms with Gasteiger partial charge < -0.3 is 10.1 Å². The number of benzene rings is 1. The van der Waals surface area contributed by atoms with E-state index in [4.69, 9.17) is 4.74 Å². The summed E-state index contributed by atoms with van der Waals surface area (Å²) in [5.41, 5.74) is 1.86. The number of carbonyl (C=O) groups is 1. The molecule has 1 heterocycles. The van der Waals surface area contributed by atoms with Gasteiger partial charge in [-0.25, -0.2) is 9.97 Å². The monoisotopic (exact) mass is 285 g/mol. The zero-order chi connectivity index (χ0) is 15.4. The van der Waals surface area contributed by atoms with Crippen LogP contribution in [0.15, 0.2) is 30.5 Å². The highest BCUT2D eigenvalue weighted by molar-refractivity contribution is 6.04. The molecule has 0 aliphatic rings. The van der Waals surface area contributed by atoms with Crippen molar-refractivity contribution in [1.82, 2.24) is 9.97 Å². The molecule has 1 amide bonds. The summed E-state index contributed by atoms with van der Waals surface area (Å²) >= 11 is 0. The topological polar surface area (TPSA) is 64.1 Å². The van der Waals surface area contributed by atoms with Gasteiger partial charge in [-0.15, -0.1) is 0 Å². The highest BCUT2D eigenvalue weighted by atomic mass is 16.5. The predicted octanol–water partition coefficient (Wildman–Crippen LogP) is 3.17. The molecule has 2 rings (SSSR count). The molecule has 1 aromatic carbocycles. The molecule has 0 unspecified atom stereocenters. The van der Waals surface area contributed by atoms with Crippen molar-refractivity contribution in [2.45, 2.75) is 26.7 Å². The summed E-state index contributed by atoms with van der Waals surface area (Å²) in [6, 6.07) is 7.16. The molecule has 0 radical (unpaired) electrons. The third-order valence-electron chi connectivity index (χ3n) is 3.11. The fourth-order valence-electron chi connectivity index (χ4n) is 1.86. The maximum atomic E-state index is 12.2. The molecular formula is C16H19N3O2. The standard InChI is InChI=1S/C16H19N3O2/c1-10(2)15-17-9-14(11(3)18-15)16(20)19-12-5-7-13(21-4)8-6-12/h5-10H,1-4H3,(H,19,20). The van der Waals surface area contributed by atoms with Crippen LogP contribution in [0.3, 0.4) is 0 Å². The molecule has 0 saturated carbocycles. The number of rotatable bonds is 4. The lowest BCUT2D eigenvalue weighted by Gasteiger charge is -2.10. The van der Waals surface area contributed by atoms with E-state index >= 15 is 0 Å². The van der Waals surface area contributed by atoms with Gasteiger partial charge in [-0.2, -0.15) is 0 Å². The van der Waals surface area contributed by atoms with Gasteiger partial charge in [0.15, 0.2) is 0 Å². The maximum absolute atomic E-state index is 12.2. The Morgan fingerprint density at radius 3 is 2.43 bits per heavy atom. The molecule has 2 aromatic rings. The zero-order valence-corrected chi connectivity index (χ0v) is 12.7. The largest absolute Gasteiger partial charge is 0.497 e. The van der Waals surface area contributed by atoms with Crippen LogP contribution in [0.5, 0.6) is 5.75 Å². The summed E-state index contributed by atoms with van der Waals surface area (Å²) in [5.74, 6) is 1.51. The first-order chi connectivity index (χ1) is 10.0. The number of carbonyl (C=O) groups excluding carboxylic acids is 1. The van der Waals surface area contributed by atoms with Crippen LogP contribution in [-0.2, 0) is 0 Å². The number of amides is 1. The Hall–Kier alpha value is -2.43. The third-order valence-corrected chi connectivity index (χ3v) is 3.11. The third kappa shape index (κ3) is 3.56. The average molecular weight is 285 g/mol. The van der Waals surface area contributed by atoms with Crippen LogP contribution in [0.2, 0.25) is 0 Å². The van der Waals surface area contributed by atoms with Crippen molar-refractivity contribution >= 4 is 11.6 Å². The Bertz CT molecular complexity index is 636. The van der Waals surface area contributed by atoms with Gasteiger partial charge in [0.2, 0.25) is 0 Å². The van der Waals surface area contributed by atoms with Crippen molar-refractivity contribution < 1.29 is 9.53 Å². The van der Waals surface area contributed by atoms with E-state index < -0.39 is 0 Å². The van der Waals surface area contributed by atoms with E-state index in [1.807, 2.05) is 20.8 Å². The Kier molecular flexibility index (Phi) is 4.52. The number of aryl methyl sites for hydroxylation is 1. The second-order valence-electron chi connectivity index (χ2n) is 5.06. The minimum absolute atomic E-state index is 0.215. The van der Waals surface area contributed by atoms with Crippen LogP contribution in [0, 0.1) is 6.92 Å². The van der Waals surface area contributed by atoms with Crippen molar-refractivity contribution in [2.75, 3.05) is 12.4 Å². The Labute approximate surface area is 124 Å². The lowest BCUT2D eigenvalue weighted by Crippen LogP contribution is -2.15. The predicted molar refractivity (Wildman–Crippen MR) is 81.8 cm³/mol. The Morgan fingerprint density at radius 2 is 1.90 bits per heavy atom. The summed E-state index contributed by atoms with van der Waals surface area (Å²) in [6.07, 6.45) is 1.58. The molecule has 0 saturated heterocycles. The summed E-state index contributed by atoms with van der Waals surface area (Å²) in [5, 5.41) is 2.82.